The maximum absolute atomic E-state index is 9.92. The molecule has 1 unspecified atom stereocenters. The molecule has 1 N–H and O–H groups in total. The standard InChI is InChI=1S/C11H20O2/c1-13-11(6-3-7-11)8-10(12)9-4-2-5-9/h9-10,12H,2-8H2,1H3. The van der Waals surface area contributed by atoms with Crippen LogP contribution in [0.1, 0.15) is 44.9 Å². The fourth-order valence-corrected chi connectivity index (χ4v) is 2.44. The van der Waals surface area contributed by atoms with Crippen LogP contribution in [0.25, 0.3) is 0 Å². The average molecular weight is 184 g/mol. The lowest BCUT2D eigenvalue weighted by atomic mass is 9.71. The van der Waals surface area contributed by atoms with Crippen LogP contribution in [0.4, 0.5) is 0 Å². The van der Waals surface area contributed by atoms with Gasteiger partial charge in [0.25, 0.3) is 0 Å². The average Bonchev–Trinajstić information content (AvgIpc) is 1.93. The van der Waals surface area contributed by atoms with Crippen molar-refractivity contribution in [1.29, 1.82) is 0 Å². The SMILES string of the molecule is COC1(CC(O)C2CCC2)CCC1. The van der Waals surface area contributed by atoms with Gasteiger partial charge in [0, 0.05) is 13.5 Å². The van der Waals surface area contributed by atoms with Crippen molar-refractivity contribution in [3.63, 3.8) is 0 Å². The minimum Gasteiger partial charge on any atom is -0.393 e. The first-order valence-corrected chi connectivity index (χ1v) is 5.49. The van der Waals surface area contributed by atoms with Crippen LogP contribution in [0.3, 0.4) is 0 Å². The Morgan fingerprint density at radius 1 is 1.38 bits per heavy atom. The Bertz CT molecular complexity index is 165. The Kier molecular flexibility index (Phi) is 2.61. The van der Waals surface area contributed by atoms with Gasteiger partial charge in [0.1, 0.15) is 0 Å². The van der Waals surface area contributed by atoms with Crippen molar-refractivity contribution in [2.75, 3.05) is 7.11 Å². The minimum atomic E-state index is -0.103. The van der Waals surface area contributed by atoms with Crippen LogP contribution in [-0.4, -0.2) is 23.9 Å². The molecule has 2 heteroatoms. The smallest absolute Gasteiger partial charge is 0.0703 e. The molecule has 2 rings (SSSR count). The fourth-order valence-electron chi connectivity index (χ4n) is 2.44. The zero-order valence-corrected chi connectivity index (χ0v) is 8.46. The molecule has 13 heavy (non-hydrogen) atoms. The molecule has 0 aromatic carbocycles. The lowest BCUT2D eigenvalue weighted by Crippen LogP contribution is -2.44. The molecule has 2 aliphatic carbocycles. The summed E-state index contributed by atoms with van der Waals surface area (Å²) in [5.41, 5.74) is 0.0506. The Hall–Kier alpha value is -0.0800. The molecule has 0 aromatic heterocycles. The molecule has 0 heterocycles. The van der Waals surface area contributed by atoms with E-state index in [0.29, 0.717) is 5.92 Å². The lowest BCUT2D eigenvalue weighted by molar-refractivity contribution is -0.112. The summed E-state index contributed by atoms with van der Waals surface area (Å²) in [5.74, 6) is 0.577. The number of hydrogen-bond donors (Lipinski definition) is 1. The second-order valence-corrected chi connectivity index (χ2v) is 4.70. The van der Waals surface area contributed by atoms with Crippen molar-refractivity contribution in [2.24, 2.45) is 5.92 Å². The summed E-state index contributed by atoms with van der Waals surface area (Å²) in [5, 5.41) is 9.92. The second kappa shape index (κ2) is 3.58. The van der Waals surface area contributed by atoms with E-state index in [9.17, 15) is 5.11 Å². The van der Waals surface area contributed by atoms with Gasteiger partial charge in [-0.1, -0.05) is 6.42 Å². The quantitative estimate of drug-likeness (QED) is 0.725. The summed E-state index contributed by atoms with van der Waals surface area (Å²) in [6.07, 6.45) is 8.08. The van der Waals surface area contributed by atoms with Gasteiger partial charge in [-0.25, -0.2) is 0 Å². The van der Waals surface area contributed by atoms with Gasteiger partial charge in [0.15, 0.2) is 0 Å². The Labute approximate surface area is 80.3 Å². The van der Waals surface area contributed by atoms with Crippen molar-refractivity contribution in [3.05, 3.63) is 0 Å². The number of methoxy groups -OCH3 is 1. The summed E-state index contributed by atoms with van der Waals surface area (Å²) in [6.45, 7) is 0. The van der Waals surface area contributed by atoms with Crippen LogP contribution in [0, 0.1) is 5.92 Å². The van der Waals surface area contributed by atoms with E-state index < -0.39 is 0 Å². The summed E-state index contributed by atoms with van der Waals surface area (Å²) >= 11 is 0. The molecule has 76 valence electrons. The highest BCUT2D eigenvalue weighted by Gasteiger charge is 2.41. The third kappa shape index (κ3) is 1.75. The summed E-state index contributed by atoms with van der Waals surface area (Å²) < 4.78 is 5.50. The van der Waals surface area contributed by atoms with Crippen LogP contribution in [0.15, 0.2) is 0 Å². The van der Waals surface area contributed by atoms with Gasteiger partial charge >= 0.3 is 0 Å². The van der Waals surface area contributed by atoms with Crippen molar-refractivity contribution in [2.45, 2.75) is 56.7 Å². The third-order valence-electron chi connectivity index (χ3n) is 3.97. The topological polar surface area (TPSA) is 29.5 Å². The molecule has 0 amide bonds. The molecule has 2 saturated carbocycles. The van der Waals surface area contributed by atoms with E-state index in [1.807, 2.05) is 0 Å². The summed E-state index contributed by atoms with van der Waals surface area (Å²) in [4.78, 5) is 0. The number of aliphatic hydroxyl groups excluding tert-OH is 1. The molecule has 2 fully saturated rings. The molecule has 0 aromatic rings. The molecular weight excluding hydrogens is 164 g/mol. The normalized spacial score (nSPS) is 29.1. The minimum absolute atomic E-state index is 0.0506. The Morgan fingerprint density at radius 3 is 2.38 bits per heavy atom. The Balaban J connectivity index is 1.81. The largest absolute Gasteiger partial charge is 0.393 e. The highest BCUT2D eigenvalue weighted by Crippen LogP contribution is 2.42. The first kappa shape index (κ1) is 9.47. The highest BCUT2D eigenvalue weighted by atomic mass is 16.5. The molecular formula is C11H20O2. The van der Waals surface area contributed by atoms with E-state index in [4.69, 9.17) is 4.74 Å². The van der Waals surface area contributed by atoms with Crippen LogP contribution in [0.2, 0.25) is 0 Å². The van der Waals surface area contributed by atoms with E-state index in [0.717, 1.165) is 19.3 Å². The van der Waals surface area contributed by atoms with Crippen molar-refractivity contribution < 1.29 is 9.84 Å². The molecule has 0 aliphatic heterocycles. The first-order chi connectivity index (χ1) is 6.26. The molecule has 0 radical (unpaired) electrons. The number of rotatable bonds is 4. The molecule has 0 bridgehead atoms. The Morgan fingerprint density at radius 2 is 2.08 bits per heavy atom. The number of ether oxygens (including phenoxy) is 1. The lowest BCUT2D eigenvalue weighted by Gasteiger charge is -2.44. The van der Waals surface area contributed by atoms with Gasteiger partial charge in [-0.2, -0.15) is 0 Å². The zero-order valence-electron chi connectivity index (χ0n) is 8.46. The number of hydrogen-bond acceptors (Lipinski definition) is 2. The van der Waals surface area contributed by atoms with Crippen molar-refractivity contribution >= 4 is 0 Å². The maximum Gasteiger partial charge on any atom is 0.0703 e. The zero-order chi connectivity index (χ0) is 9.31. The van der Waals surface area contributed by atoms with Crippen LogP contribution in [0.5, 0.6) is 0 Å². The van der Waals surface area contributed by atoms with Gasteiger partial charge in [0.2, 0.25) is 0 Å². The van der Waals surface area contributed by atoms with Gasteiger partial charge in [-0.3, -0.25) is 0 Å². The maximum atomic E-state index is 9.92. The molecule has 2 nitrogen and oxygen atoms in total. The predicted octanol–water partition coefficient (Wildman–Crippen LogP) is 2.11. The second-order valence-electron chi connectivity index (χ2n) is 4.70. The summed E-state index contributed by atoms with van der Waals surface area (Å²) in [6, 6.07) is 0. The van der Waals surface area contributed by atoms with Crippen molar-refractivity contribution in [1.82, 2.24) is 0 Å². The molecule has 0 spiro atoms. The van der Waals surface area contributed by atoms with Crippen LogP contribution >= 0.6 is 0 Å². The van der Waals surface area contributed by atoms with Gasteiger partial charge in [-0.15, -0.1) is 0 Å². The van der Waals surface area contributed by atoms with E-state index in [2.05, 4.69) is 0 Å². The monoisotopic (exact) mass is 184 g/mol. The van der Waals surface area contributed by atoms with E-state index in [-0.39, 0.29) is 11.7 Å². The van der Waals surface area contributed by atoms with Gasteiger partial charge in [0.05, 0.1) is 11.7 Å². The van der Waals surface area contributed by atoms with Crippen molar-refractivity contribution in [3.8, 4) is 0 Å². The van der Waals surface area contributed by atoms with Crippen LogP contribution < -0.4 is 0 Å². The third-order valence-corrected chi connectivity index (χ3v) is 3.97. The molecule has 1 atom stereocenters. The van der Waals surface area contributed by atoms with E-state index in [1.165, 1.54) is 25.7 Å². The first-order valence-electron chi connectivity index (χ1n) is 5.49. The van der Waals surface area contributed by atoms with Crippen LogP contribution in [-0.2, 0) is 4.74 Å². The number of aliphatic hydroxyl groups is 1. The van der Waals surface area contributed by atoms with E-state index in [1.54, 1.807) is 7.11 Å². The molecule has 0 saturated heterocycles. The highest BCUT2D eigenvalue weighted by molar-refractivity contribution is 4.93. The fraction of sp³-hybridized carbons (Fsp3) is 1.00. The van der Waals surface area contributed by atoms with E-state index >= 15 is 0 Å². The van der Waals surface area contributed by atoms with Gasteiger partial charge < -0.3 is 9.84 Å². The summed E-state index contributed by atoms with van der Waals surface area (Å²) in [7, 11) is 1.78. The van der Waals surface area contributed by atoms with Gasteiger partial charge in [-0.05, 0) is 38.0 Å². The molecule has 2 aliphatic rings. The predicted molar refractivity (Wildman–Crippen MR) is 51.6 cm³/mol.